The van der Waals surface area contributed by atoms with Crippen molar-refractivity contribution in [3.8, 4) is 0 Å². The first-order valence-corrected chi connectivity index (χ1v) is 0. The Bertz CT molecular complexity index is 6.00. The van der Waals surface area contributed by atoms with Gasteiger partial charge in [-0.1, -0.05) is 0 Å². The first-order chi connectivity index (χ1) is 0. The molecular formula is Na2SSr. The SMILES string of the molecule is [Na].[Na].[S].[Sr]. The van der Waals surface area contributed by atoms with E-state index in [-0.39, 0.29) is 118 Å². The van der Waals surface area contributed by atoms with Crippen LogP contribution >= 0.6 is 13.5 Å². The van der Waals surface area contributed by atoms with Crippen molar-refractivity contribution in [1.29, 1.82) is 0 Å². The van der Waals surface area contributed by atoms with E-state index in [0.717, 1.165) is 0 Å². The van der Waals surface area contributed by atoms with Crippen LogP contribution in [-0.4, -0.2) is 105 Å². The molecule has 0 aliphatic heterocycles. The van der Waals surface area contributed by atoms with Gasteiger partial charge >= 0.3 is 0 Å². The Morgan fingerprint density at radius 2 is 0.750 bits per heavy atom. The van der Waals surface area contributed by atoms with Gasteiger partial charge in [-0.2, -0.15) is 0 Å². The van der Waals surface area contributed by atoms with Gasteiger partial charge in [0.15, 0.2) is 0 Å². The van der Waals surface area contributed by atoms with Crippen molar-refractivity contribution in [3.05, 3.63) is 0 Å². The van der Waals surface area contributed by atoms with E-state index in [1.807, 2.05) is 0 Å². The number of hydrogen-bond acceptors (Lipinski definition) is 0. The van der Waals surface area contributed by atoms with Gasteiger partial charge < -0.3 is 0 Å². The Kier molecular flexibility index (Phi) is 98.5. The molecule has 0 saturated heterocycles. The fourth-order valence-electron chi connectivity index (χ4n) is 0. The van der Waals surface area contributed by atoms with Gasteiger partial charge in [0.25, 0.3) is 0 Å². The average molecular weight is 166 g/mol. The molecule has 0 atom stereocenters. The summed E-state index contributed by atoms with van der Waals surface area (Å²) in [6.07, 6.45) is 0. The maximum Gasteiger partial charge on any atom is 0 e. The van der Waals surface area contributed by atoms with Crippen molar-refractivity contribution in [2.45, 2.75) is 0 Å². The van der Waals surface area contributed by atoms with Gasteiger partial charge in [0.1, 0.15) is 0 Å². The van der Waals surface area contributed by atoms with Crippen molar-refractivity contribution >= 4 is 118 Å². The predicted octanol–water partition coefficient (Wildman–Crippen LogP) is -0.494. The Morgan fingerprint density at radius 3 is 0.750 bits per heavy atom. The molecule has 10 valence electrons. The summed E-state index contributed by atoms with van der Waals surface area (Å²) in [7, 11) is 0. The van der Waals surface area contributed by atoms with Crippen LogP contribution in [0.1, 0.15) is 0 Å². The third-order valence-electron chi connectivity index (χ3n) is 0. The molecule has 0 aromatic carbocycles. The van der Waals surface area contributed by atoms with E-state index in [4.69, 9.17) is 0 Å². The summed E-state index contributed by atoms with van der Waals surface area (Å²) >= 11 is 0. The monoisotopic (exact) mass is 166 g/mol. The van der Waals surface area contributed by atoms with Gasteiger partial charge in [-0.15, -0.1) is 0 Å². The summed E-state index contributed by atoms with van der Waals surface area (Å²) < 4.78 is 0. The van der Waals surface area contributed by atoms with E-state index in [0.29, 0.717) is 0 Å². The summed E-state index contributed by atoms with van der Waals surface area (Å²) in [4.78, 5) is 0. The molecule has 4 heavy (non-hydrogen) atoms. The molecule has 0 N–H and O–H groups in total. The van der Waals surface area contributed by atoms with Crippen molar-refractivity contribution in [2.75, 3.05) is 0 Å². The van der Waals surface area contributed by atoms with E-state index < -0.39 is 0 Å². The van der Waals surface area contributed by atoms with Crippen LogP contribution in [0.3, 0.4) is 0 Å². The minimum Gasteiger partial charge on any atom is 0 e. The van der Waals surface area contributed by atoms with E-state index >= 15 is 0 Å². The van der Waals surface area contributed by atoms with Crippen LogP contribution in [0.2, 0.25) is 0 Å². The second kappa shape index (κ2) is 15.8. The molecule has 0 unspecified atom stereocenters. The van der Waals surface area contributed by atoms with Crippen LogP contribution in [-0.2, 0) is 0 Å². The second-order valence-electron chi connectivity index (χ2n) is 0. The molecule has 0 amide bonds. The molecule has 0 aromatic rings. The molecule has 6 radical (unpaired) electrons. The molecule has 0 bridgehead atoms. The third kappa shape index (κ3) is 9.27. The van der Waals surface area contributed by atoms with Crippen molar-refractivity contribution < 1.29 is 0 Å². The molecular weight excluding hydrogens is 166 g/mol. The second-order valence-corrected chi connectivity index (χ2v) is 0. The van der Waals surface area contributed by atoms with Crippen molar-refractivity contribution in [1.82, 2.24) is 0 Å². The van der Waals surface area contributed by atoms with Gasteiger partial charge in [-0.05, 0) is 0 Å². The van der Waals surface area contributed by atoms with Crippen LogP contribution in [0.25, 0.3) is 0 Å². The minimum atomic E-state index is 0. The summed E-state index contributed by atoms with van der Waals surface area (Å²) in [6.45, 7) is 0. The molecule has 0 aromatic heterocycles. The maximum absolute atomic E-state index is 0. The summed E-state index contributed by atoms with van der Waals surface area (Å²) in [5.74, 6) is 0. The molecule has 0 nitrogen and oxygen atoms in total. The van der Waals surface area contributed by atoms with Crippen LogP contribution in [0.15, 0.2) is 0 Å². The van der Waals surface area contributed by atoms with E-state index in [1.54, 1.807) is 0 Å². The average Bonchev–Trinajstić information content (AvgIpc) is 0. The standard InChI is InChI=1S/2Na.S.Sr. The molecule has 4 heteroatoms. The Balaban J connectivity index is 0. The molecule has 0 fully saturated rings. The van der Waals surface area contributed by atoms with Crippen LogP contribution in [0, 0.1) is 0 Å². The predicted molar refractivity (Wildman–Crippen MR) is 24.9 cm³/mol. The maximum atomic E-state index is 0. The van der Waals surface area contributed by atoms with Crippen molar-refractivity contribution in [2.24, 2.45) is 0 Å². The summed E-state index contributed by atoms with van der Waals surface area (Å²) in [6, 6.07) is 0. The van der Waals surface area contributed by atoms with Gasteiger partial charge in [-0.25, -0.2) is 0 Å². The molecule has 0 aliphatic rings. The Morgan fingerprint density at radius 1 is 0.750 bits per heavy atom. The van der Waals surface area contributed by atoms with Gasteiger partial charge in [0.05, 0.1) is 0 Å². The van der Waals surface area contributed by atoms with Crippen LogP contribution in [0.5, 0.6) is 0 Å². The topological polar surface area (TPSA) is 0 Å². The minimum absolute atomic E-state index is 0. The quantitative estimate of drug-likeness (QED) is 0.425. The number of hydrogen-bond donors (Lipinski definition) is 0. The Labute approximate surface area is 115 Å². The largest absolute Gasteiger partial charge is 0 e. The molecule has 0 saturated carbocycles. The van der Waals surface area contributed by atoms with Gasteiger partial charge in [-0.3, -0.25) is 0 Å². The fourth-order valence-corrected chi connectivity index (χ4v) is 0. The zero-order valence-corrected chi connectivity index (χ0v) is 11.4. The molecule has 0 aliphatic carbocycles. The number of rotatable bonds is 0. The first-order valence-electron chi connectivity index (χ1n) is 0. The zero-order chi connectivity index (χ0) is 0. The first kappa shape index (κ1) is 24.9. The zero-order valence-electron chi connectivity index (χ0n) is 3.12. The van der Waals surface area contributed by atoms with Gasteiger partial charge in [0.2, 0.25) is 0 Å². The van der Waals surface area contributed by atoms with Gasteiger partial charge in [0, 0.05) is 118 Å². The van der Waals surface area contributed by atoms with E-state index in [1.165, 1.54) is 0 Å². The fraction of sp³-hybridized carbons (Fsp3) is 0. The smallest absolute Gasteiger partial charge is 0 e. The Hall–Kier alpha value is 3.83. The molecule has 0 spiro atoms. The molecule has 0 rings (SSSR count). The summed E-state index contributed by atoms with van der Waals surface area (Å²) in [5.41, 5.74) is 0. The van der Waals surface area contributed by atoms with E-state index in [2.05, 4.69) is 0 Å². The van der Waals surface area contributed by atoms with Crippen LogP contribution < -0.4 is 0 Å². The van der Waals surface area contributed by atoms with Crippen molar-refractivity contribution in [3.63, 3.8) is 0 Å². The molecule has 0 heterocycles. The third-order valence-corrected chi connectivity index (χ3v) is 0. The van der Waals surface area contributed by atoms with Crippen LogP contribution in [0.4, 0.5) is 0 Å². The van der Waals surface area contributed by atoms with E-state index in [9.17, 15) is 0 Å². The summed E-state index contributed by atoms with van der Waals surface area (Å²) in [5, 5.41) is 0. The normalized spacial score (nSPS) is 0.